The summed E-state index contributed by atoms with van der Waals surface area (Å²) in [6, 6.07) is 0. The number of carbonyl (C=O) groups excluding carboxylic acids is 1. The fourth-order valence-electron chi connectivity index (χ4n) is 0.924. The van der Waals surface area contributed by atoms with Gasteiger partial charge in [-0.2, -0.15) is 0 Å². The lowest BCUT2D eigenvalue weighted by Crippen LogP contribution is -2.13. The molecule has 0 aromatic rings. The second-order valence-electron chi connectivity index (χ2n) is 2.28. The van der Waals surface area contributed by atoms with Crippen molar-refractivity contribution in [2.45, 2.75) is 6.42 Å². The predicted molar refractivity (Wildman–Crippen MR) is 47.1 cm³/mol. The maximum Gasteiger partial charge on any atom is 0.193 e. The van der Waals surface area contributed by atoms with Gasteiger partial charge in [-0.25, -0.2) is 0 Å². The van der Waals surface area contributed by atoms with Crippen molar-refractivity contribution in [3.8, 4) is 0 Å². The Labute approximate surface area is 73.8 Å². The number of carbonyl (C=O) groups is 1. The van der Waals surface area contributed by atoms with Crippen molar-refractivity contribution in [3.05, 3.63) is 12.2 Å². The van der Waals surface area contributed by atoms with E-state index in [0.717, 1.165) is 0 Å². The van der Waals surface area contributed by atoms with Crippen molar-refractivity contribution >= 4 is 26.4 Å². The van der Waals surface area contributed by atoms with E-state index in [4.69, 9.17) is 4.74 Å². The van der Waals surface area contributed by atoms with Crippen LogP contribution < -0.4 is 0 Å². The molecule has 0 radical (unpaired) electrons. The average Bonchev–Trinajstić information content (AvgIpc) is 1.88. The maximum atomic E-state index is 10.6. The van der Waals surface area contributed by atoms with Gasteiger partial charge < -0.3 is 4.74 Å². The van der Waals surface area contributed by atoms with Gasteiger partial charge in [0.2, 0.25) is 0 Å². The molecule has 1 heterocycles. The van der Waals surface area contributed by atoms with Gasteiger partial charge in [0, 0.05) is 12.3 Å². The van der Waals surface area contributed by atoms with Gasteiger partial charge in [0.1, 0.15) is 0 Å². The van der Waals surface area contributed by atoms with Gasteiger partial charge in [0.05, 0.1) is 13.2 Å². The molecule has 0 aromatic carbocycles. The average molecular weight is 252 g/mol. The summed E-state index contributed by atoms with van der Waals surface area (Å²) in [5.74, 6) is 0.318. The van der Waals surface area contributed by atoms with Gasteiger partial charge in [-0.3, -0.25) is 4.79 Å². The monoisotopic (exact) mass is 252 g/mol. The molecule has 0 saturated carbocycles. The highest BCUT2D eigenvalue weighted by molar-refractivity contribution is 14.1. The van der Waals surface area contributed by atoms with Gasteiger partial charge in [-0.15, -0.1) is 0 Å². The Morgan fingerprint density at radius 3 is 3.10 bits per heavy atom. The molecule has 0 N–H and O–H groups in total. The molecule has 0 saturated heterocycles. The van der Waals surface area contributed by atoms with Crippen molar-refractivity contribution in [1.82, 2.24) is 0 Å². The molecular formula is C7H9IO2. The molecule has 56 valence electrons. The van der Waals surface area contributed by atoms with Gasteiger partial charge in [0.25, 0.3) is 0 Å². The first-order valence-electron chi connectivity index (χ1n) is 3.22. The summed E-state index contributed by atoms with van der Waals surface area (Å²) in [4.78, 5) is 10.6. The van der Waals surface area contributed by atoms with E-state index in [-0.39, 0.29) is 3.79 Å². The Hall–Kier alpha value is 0.1000. The van der Waals surface area contributed by atoms with Crippen molar-refractivity contribution in [2.24, 2.45) is 5.92 Å². The minimum absolute atomic E-state index is 0.206. The molecule has 0 fully saturated rings. The Kier molecular flexibility index (Phi) is 3.34. The molecule has 10 heavy (non-hydrogen) atoms. The third-order valence-corrected chi connectivity index (χ3v) is 1.82. The van der Waals surface area contributed by atoms with Gasteiger partial charge >= 0.3 is 0 Å². The third kappa shape index (κ3) is 2.79. The van der Waals surface area contributed by atoms with Crippen LogP contribution in [0.3, 0.4) is 0 Å². The third-order valence-electron chi connectivity index (χ3n) is 1.38. The van der Waals surface area contributed by atoms with Crippen molar-refractivity contribution in [2.75, 3.05) is 13.2 Å². The molecule has 0 amide bonds. The zero-order chi connectivity index (χ0) is 7.40. The van der Waals surface area contributed by atoms with Crippen LogP contribution in [-0.4, -0.2) is 17.0 Å². The van der Waals surface area contributed by atoms with Crippen LogP contribution >= 0.6 is 22.6 Å². The summed E-state index contributed by atoms with van der Waals surface area (Å²) in [5, 5.41) is 0. The van der Waals surface area contributed by atoms with Crippen LogP contribution in [0, 0.1) is 5.92 Å². The molecule has 3 heteroatoms. The molecule has 0 aromatic heterocycles. The summed E-state index contributed by atoms with van der Waals surface area (Å²) >= 11 is 1.82. The first-order valence-corrected chi connectivity index (χ1v) is 4.29. The number of hydrogen-bond acceptors (Lipinski definition) is 2. The van der Waals surface area contributed by atoms with Crippen molar-refractivity contribution in [1.29, 1.82) is 0 Å². The molecular weight excluding hydrogens is 243 g/mol. The van der Waals surface area contributed by atoms with E-state index in [9.17, 15) is 4.79 Å². The molecule has 1 aliphatic heterocycles. The summed E-state index contributed by atoms with van der Waals surface area (Å²) < 4.78 is 5.35. The van der Waals surface area contributed by atoms with Crippen LogP contribution in [0.4, 0.5) is 0 Å². The standard InChI is InChI=1S/C7H9IO2/c8-7(9)4-6-2-1-3-10-5-6/h1-2,6H,3-5H2. The Morgan fingerprint density at radius 1 is 1.80 bits per heavy atom. The molecule has 1 unspecified atom stereocenters. The Morgan fingerprint density at radius 2 is 2.60 bits per heavy atom. The highest BCUT2D eigenvalue weighted by Crippen LogP contribution is 2.12. The highest BCUT2D eigenvalue weighted by Gasteiger charge is 2.10. The summed E-state index contributed by atoms with van der Waals surface area (Å²) in [6.07, 6.45) is 4.63. The number of rotatable bonds is 2. The Bertz CT molecular complexity index is 154. The van der Waals surface area contributed by atoms with E-state index < -0.39 is 0 Å². The summed E-state index contributed by atoms with van der Waals surface area (Å²) in [5.41, 5.74) is 0. The van der Waals surface area contributed by atoms with Crippen LogP contribution in [0.15, 0.2) is 12.2 Å². The first-order chi connectivity index (χ1) is 4.79. The summed E-state index contributed by atoms with van der Waals surface area (Å²) in [7, 11) is 0. The quantitative estimate of drug-likeness (QED) is 0.423. The number of halogens is 1. The van der Waals surface area contributed by atoms with Gasteiger partial charge in [-0.05, 0) is 22.6 Å². The fourth-order valence-corrected chi connectivity index (χ4v) is 1.49. The van der Waals surface area contributed by atoms with Crippen LogP contribution in [0.2, 0.25) is 0 Å². The maximum absolute atomic E-state index is 10.6. The van der Waals surface area contributed by atoms with E-state index in [1.54, 1.807) is 0 Å². The summed E-state index contributed by atoms with van der Waals surface area (Å²) in [6.45, 7) is 1.40. The molecule has 1 aliphatic rings. The number of hydrogen-bond donors (Lipinski definition) is 0. The van der Waals surface area contributed by atoms with Crippen molar-refractivity contribution in [3.63, 3.8) is 0 Å². The zero-order valence-corrected chi connectivity index (χ0v) is 7.71. The smallest absolute Gasteiger partial charge is 0.193 e. The van der Waals surface area contributed by atoms with Crippen LogP contribution in [-0.2, 0) is 9.53 Å². The molecule has 2 nitrogen and oxygen atoms in total. The number of ether oxygens (including phenoxy) is 1. The van der Waals surface area contributed by atoms with Crippen LogP contribution in [0.25, 0.3) is 0 Å². The SMILES string of the molecule is O=C(I)CC1C=CCOC1. The topological polar surface area (TPSA) is 26.3 Å². The molecule has 0 bridgehead atoms. The predicted octanol–water partition coefficient (Wildman–Crippen LogP) is 1.54. The van der Waals surface area contributed by atoms with E-state index in [0.29, 0.717) is 25.6 Å². The van der Waals surface area contributed by atoms with E-state index in [1.165, 1.54) is 0 Å². The minimum atomic E-state index is 0.206. The van der Waals surface area contributed by atoms with E-state index in [1.807, 2.05) is 28.7 Å². The zero-order valence-electron chi connectivity index (χ0n) is 5.55. The largest absolute Gasteiger partial charge is 0.377 e. The van der Waals surface area contributed by atoms with Gasteiger partial charge in [-0.1, -0.05) is 12.2 Å². The molecule has 0 spiro atoms. The van der Waals surface area contributed by atoms with E-state index >= 15 is 0 Å². The lowest BCUT2D eigenvalue weighted by atomic mass is 10.1. The molecule has 1 atom stereocenters. The lowest BCUT2D eigenvalue weighted by Gasteiger charge is -2.14. The second-order valence-corrected chi connectivity index (χ2v) is 3.49. The first kappa shape index (κ1) is 8.20. The fraction of sp³-hybridized carbons (Fsp3) is 0.571. The minimum Gasteiger partial charge on any atom is -0.377 e. The van der Waals surface area contributed by atoms with Crippen molar-refractivity contribution < 1.29 is 9.53 Å². The lowest BCUT2D eigenvalue weighted by molar-refractivity contribution is -0.110. The van der Waals surface area contributed by atoms with E-state index in [2.05, 4.69) is 6.08 Å². The normalized spacial score (nSPS) is 24.7. The highest BCUT2D eigenvalue weighted by atomic mass is 127. The van der Waals surface area contributed by atoms with Crippen LogP contribution in [0.1, 0.15) is 6.42 Å². The van der Waals surface area contributed by atoms with Gasteiger partial charge in [0.15, 0.2) is 3.79 Å². The molecule has 1 rings (SSSR count). The molecule has 0 aliphatic carbocycles. The second kappa shape index (κ2) is 4.08. The van der Waals surface area contributed by atoms with Crippen LogP contribution in [0.5, 0.6) is 0 Å². The Balaban J connectivity index is 2.33.